The van der Waals surface area contributed by atoms with Gasteiger partial charge in [-0.15, -0.1) is 10.2 Å². The first-order chi connectivity index (χ1) is 16.2. The first-order valence-electron chi connectivity index (χ1n) is 9.40. The average molecular weight is 528 g/mol. The normalized spacial score (nSPS) is 13.4. The molecular formula is C18H15F7N6O3S. The molecule has 0 aliphatic rings. The second-order valence-corrected chi connectivity index (χ2v) is 9.07. The Morgan fingerprint density at radius 2 is 1.74 bits per heavy atom. The van der Waals surface area contributed by atoms with Gasteiger partial charge in [0, 0.05) is 18.9 Å². The van der Waals surface area contributed by atoms with Crippen molar-refractivity contribution in [1.29, 1.82) is 0 Å². The van der Waals surface area contributed by atoms with Gasteiger partial charge in [0.05, 0.1) is 17.9 Å². The van der Waals surface area contributed by atoms with Crippen molar-refractivity contribution in [2.24, 2.45) is 0 Å². The largest absolute Gasteiger partial charge is 0.415 e. The van der Waals surface area contributed by atoms with Gasteiger partial charge in [0.15, 0.2) is 11.6 Å². The Morgan fingerprint density at radius 3 is 2.26 bits per heavy atom. The third-order valence-corrected chi connectivity index (χ3v) is 5.60. The Morgan fingerprint density at radius 1 is 1.09 bits per heavy atom. The van der Waals surface area contributed by atoms with Crippen LogP contribution >= 0.6 is 0 Å². The molecule has 17 heteroatoms. The lowest BCUT2D eigenvalue weighted by Crippen LogP contribution is -2.42. The maximum Gasteiger partial charge on any atom is 0.402 e. The van der Waals surface area contributed by atoms with E-state index in [-0.39, 0.29) is 27.3 Å². The summed E-state index contributed by atoms with van der Waals surface area (Å²) in [6.45, 7) is -2.69. The van der Waals surface area contributed by atoms with Gasteiger partial charge in [-0.1, -0.05) is 6.07 Å². The summed E-state index contributed by atoms with van der Waals surface area (Å²) in [5, 5.41) is 9.12. The van der Waals surface area contributed by atoms with E-state index in [1.165, 1.54) is 0 Å². The number of rotatable bonds is 9. The molecule has 0 saturated carbocycles. The summed E-state index contributed by atoms with van der Waals surface area (Å²) in [6.07, 6.45) is -5.22. The van der Waals surface area contributed by atoms with Crippen LogP contribution in [0, 0.1) is 11.6 Å². The zero-order valence-corrected chi connectivity index (χ0v) is 18.3. The summed E-state index contributed by atoms with van der Waals surface area (Å²) in [7, 11) is -4.38. The molecule has 0 aliphatic heterocycles. The number of anilines is 1. The molecule has 0 spiro atoms. The SMILES string of the molecule is CS(=O)(=O)N(CC(Nc1ncc(-c2nnc(C(F)F)o2)cn1)c1ccc(F)c(F)c1)CC(F)(F)F. The van der Waals surface area contributed by atoms with Gasteiger partial charge in [0.25, 0.3) is 11.8 Å². The van der Waals surface area contributed by atoms with Crippen molar-refractivity contribution < 1.29 is 43.6 Å². The third kappa shape index (κ3) is 7.08. The molecule has 0 aliphatic carbocycles. The number of benzene rings is 1. The fourth-order valence-electron chi connectivity index (χ4n) is 2.79. The number of aromatic nitrogens is 4. The van der Waals surface area contributed by atoms with Crippen molar-refractivity contribution >= 4 is 16.0 Å². The van der Waals surface area contributed by atoms with E-state index in [0.29, 0.717) is 18.4 Å². The minimum absolute atomic E-state index is 0.0224. The van der Waals surface area contributed by atoms with Crippen LogP contribution in [0.25, 0.3) is 11.5 Å². The number of alkyl halides is 5. The zero-order valence-electron chi connectivity index (χ0n) is 17.5. The molecule has 35 heavy (non-hydrogen) atoms. The highest BCUT2D eigenvalue weighted by atomic mass is 32.2. The summed E-state index contributed by atoms with van der Waals surface area (Å²) < 4.78 is 120. The molecular weight excluding hydrogens is 513 g/mol. The second kappa shape index (κ2) is 10.1. The summed E-state index contributed by atoms with van der Waals surface area (Å²) in [6, 6.07) is 1.08. The fourth-order valence-corrected chi connectivity index (χ4v) is 3.59. The number of hydrogen-bond donors (Lipinski definition) is 1. The highest BCUT2D eigenvalue weighted by Crippen LogP contribution is 2.26. The standard InChI is InChI=1S/C18H15F7N6O3S/c1-35(32,33)31(8-18(23,24)25)7-13(9-2-3-11(19)12(20)4-9)28-17-26-5-10(6-27-17)15-29-30-16(34-15)14(21)22/h2-6,13-14H,7-8H2,1H3,(H,26,27,28). The highest BCUT2D eigenvalue weighted by molar-refractivity contribution is 7.88. The molecule has 3 rings (SSSR count). The van der Waals surface area contributed by atoms with E-state index in [0.717, 1.165) is 18.5 Å². The van der Waals surface area contributed by atoms with Crippen LogP contribution in [0.4, 0.5) is 36.7 Å². The lowest BCUT2D eigenvalue weighted by molar-refractivity contribution is -0.136. The minimum Gasteiger partial charge on any atom is -0.415 e. The molecule has 3 aromatic rings. The van der Waals surface area contributed by atoms with Crippen molar-refractivity contribution in [2.75, 3.05) is 24.7 Å². The number of nitrogens with one attached hydrogen (secondary N) is 1. The van der Waals surface area contributed by atoms with Gasteiger partial charge in [-0.25, -0.2) is 27.2 Å². The molecule has 190 valence electrons. The molecule has 9 nitrogen and oxygen atoms in total. The molecule has 1 atom stereocenters. The van der Waals surface area contributed by atoms with Gasteiger partial charge < -0.3 is 9.73 Å². The van der Waals surface area contributed by atoms with E-state index in [2.05, 4.69) is 25.5 Å². The van der Waals surface area contributed by atoms with Gasteiger partial charge in [-0.05, 0) is 17.7 Å². The zero-order chi connectivity index (χ0) is 26.0. The van der Waals surface area contributed by atoms with Gasteiger partial charge in [-0.2, -0.15) is 26.3 Å². The van der Waals surface area contributed by atoms with Crippen molar-refractivity contribution in [3.8, 4) is 11.5 Å². The molecule has 0 bridgehead atoms. The smallest absolute Gasteiger partial charge is 0.402 e. The lowest BCUT2D eigenvalue weighted by Gasteiger charge is -2.27. The van der Waals surface area contributed by atoms with Crippen LogP contribution < -0.4 is 5.32 Å². The highest BCUT2D eigenvalue weighted by Gasteiger charge is 2.36. The summed E-state index contributed by atoms with van der Waals surface area (Å²) in [5.74, 6) is -4.09. The summed E-state index contributed by atoms with van der Waals surface area (Å²) in [4.78, 5) is 7.73. The molecule has 0 fully saturated rings. The molecule has 0 amide bonds. The topological polar surface area (TPSA) is 114 Å². The van der Waals surface area contributed by atoms with Crippen LogP contribution in [-0.4, -0.2) is 58.4 Å². The molecule has 0 saturated heterocycles. The van der Waals surface area contributed by atoms with Gasteiger partial charge in [0.2, 0.25) is 16.0 Å². The van der Waals surface area contributed by atoms with E-state index >= 15 is 0 Å². The van der Waals surface area contributed by atoms with E-state index in [4.69, 9.17) is 4.42 Å². The van der Waals surface area contributed by atoms with Gasteiger partial charge >= 0.3 is 12.6 Å². The van der Waals surface area contributed by atoms with Gasteiger partial charge in [0.1, 0.15) is 6.54 Å². The Labute approximate surface area is 193 Å². The Balaban J connectivity index is 1.90. The fraction of sp³-hybridized carbons (Fsp3) is 0.333. The Hall–Kier alpha value is -3.34. The van der Waals surface area contributed by atoms with E-state index in [9.17, 15) is 39.2 Å². The predicted octanol–water partition coefficient (Wildman–Crippen LogP) is 3.72. The molecule has 2 heterocycles. The first-order valence-corrected chi connectivity index (χ1v) is 11.2. The second-order valence-electron chi connectivity index (χ2n) is 7.08. The van der Waals surface area contributed by atoms with Crippen LogP contribution in [0.1, 0.15) is 23.9 Å². The lowest BCUT2D eigenvalue weighted by atomic mass is 10.1. The Bertz CT molecular complexity index is 1270. The maximum absolute atomic E-state index is 13.8. The number of hydrogen-bond acceptors (Lipinski definition) is 8. The van der Waals surface area contributed by atoms with Crippen LogP contribution in [0.5, 0.6) is 0 Å². The van der Waals surface area contributed by atoms with Crippen molar-refractivity contribution in [3.63, 3.8) is 0 Å². The van der Waals surface area contributed by atoms with Crippen LogP contribution in [0.2, 0.25) is 0 Å². The van der Waals surface area contributed by atoms with Gasteiger partial charge in [-0.3, -0.25) is 0 Å². The van der Waals surface area contributed by atoms with Crippen molar-refractivity contribution in [2.45, 2.75) is 18.6 Å². The van der Waals surface area contributed by atoms with Crippen LogP contribution in [0.3, 0.4) is 0 Å². The predicted molar refractivity (Wildman–Crippen MR) is 105 cm³/mol. The van der Waals surface area contributed by atoms with E-state index in [1.807, 2.05) is 0 Å². The third-order valence-electron chi connectivity index (χ3n) is 4.39. The number of halogens is 7. The Kier molecular flexibility index (Phi) is 7.59. The molecule has 1 unspecified atom stereocenters. The van der Waals surface area contributed by atoms with Crippen LogP contribution in [0.15, 0.2) is 35.0 Å². The van der Waals surface area contributed by atoms with Crippen molar-refractivity contribution in [1.82, 2.24) is 24.5 Å². The quantitative estimate of drug-likeness (QED) is 0.418. The molecule has 1 aromatic carbocycles. The average Bonchev–Trinajstić information content (AvgIpc) is 3.24. The summed E-state index contributed by atoms with van der Waals surface area (Å²) in [5.41, 5.74) is -0.0833. The van der Waals surface area contributed by atoms with Crippen LogP contribution in [-0.2, 0) is 10.0 Å². The molecule has 1 N–H and O–H groups in total. The van der Waals surface area contributed by atoms with Crippen molar-refractivity contribution in [3.05, 3.63) is 53.7 Å². The number of sulfonamides is 1. The first kappa shape index (κ1) is 26.3. The van der Waals surface area contributed by atoms with E-state index < -0.39 is 59.3 Å². The van der Waals surface area contributed by atoms with E-state index in [1.54, 1.807) is 0 Å². The summed E-state index contributed by atoms with van der Waals surface area (Å²) >= 11 is 0. The molecule has 2 aromatic heterocycles. The maximum atomic E-state index is 13.8. The molecule has 0 radical (unpaired) electrons. The minimum atomic E-state index is -4.89. The monoisotopic (exact) mass is 528 g/mol. The number of nitrogens with zero attached hydrogens (tertiary/aromatic N) is 5.